The van der Waals surface area contributed by atoms with Crippen LogP contribution in [0.1, 0.15) is 84.0 Å². The predicted molar refractivity (Wildman–Crippen MR) is 202 cm³/mol. The largest absolute Gasteiger partial charge is 0.453 e. The number of ether oxygens (including phenoxy) is 1. The number of rotatable bonds is 9. The van der Waals surface area contributed by atoms with Gasteiger partial charge in [-0.3, -0.25) is 9.59 Å². The lowest BCUT2D eigenvalue weighted by Crippen LogP contribution is -2.51. The van der Waals surface area contributed by atoms with Gasteiger partial charge in [-0.25, -0.2) is 14.8 Å². The van der Waals surface area contributed by atoms with Crippen molar-refractivity contribution >= 4 is 40.0 Å². The van der Waals surface area contributed by atoms with E-state index in [9.17, 15) is 14.4 Å². The SMILES string of the molecule is COC(=O)N[C@H](C(=O)N1CCC[C@H]1c1nc2cc(-c3ccc(-c4ccc5[nH]c([C@@H]6CCCN6C(=O)[C@@H](C)C(C)C)nc5c4)cc3)ccc2[nH]1)C(C)C. The summed E-state index contributed by atoms with van der Waals surface area (Å²) in [6.07, 6.45) is 2.95. The Bertz CT molecular complexity index is 2100. The molecule has 3 aromatic carbocycles. The maximum atomic E-state index is 13.6. The lowest BCUT2D eigenvalue weighted by atomic mass is 9.96. The minimum Gasteiger partial charge on any atom is -0.453 e. The number of methoxy groups -OCH3 is 1. The van der Waals surface area contributed by atoms with Gasteiger partial charge in [-0.1, -0.05) is 71.0 Å². The molecule has 7 rings (SSSR count). The molecule has 5 aromatic rings. The van der Waals surface area contributed by atoms with Crippen LogP contribution in [0.15, 0.2) is 60.7 Å². The average molecular weight is 704 g/mol. The molecule has 4 heterocycles. The van der Waals surface area contributed by atoms with Crippen molar-refractivity contribution in [2.75, 3.05) is 20.2 Å². The maximum Gasteiger partial charge on any atom is 0.407 e. The number of carbonyl (C=O) groups is 3. The minimum absolute atomic E-state index is 0.0137. The Morgan fingerprint density at radius 2 is 1.15 bits per heavy atom. The van der Waals surface area contributed by atoms with E-state index in [0.29, 0.717) is 12.5 Å². The Balaban J connectivity index is 1.07. The Hall–Kier alpha value is -5.19. The van der Waals surface area contributed by atoms with Crippen molar-refractivity contribution in [1.29, 1.82) is 0 Å². The van der Waals surface area contributed by atoms with Crippen molar-refractivity contribution in [3.8, 4) is 22.3 Å². The van der Waals surface area contributed by atoms with Crippen molar-refractivity contribution in [3.05, 3.63) is 72.3 Å². The molecule has 272 valence electrons. The highest BCUT2D eigenvalue weighted by molar-refractivity contribution is 5.87. The van der Waals surface area contributed by atoms with Crippen molar-refractivity contribution in [1.82, 2.24) is 35.1 Å². The number of amides is 3. The van der Waals surface area contributed by atoms with E-state index in [1.165, 1.54) is 7.11 Å². The number of alkyl carbamates (subject to hydrolysis) is 1. The highest BCUT2D eigenvalue weighted by Crippen LogP contribution is 2.36. The lowest BCUT2D eigenvalue weighted by molar-refractivity contribution is -0.137. The highest BCUT2D eigenvalue weighted by atomic mass is 16.5. The van der Waals surface area contributed by atoms with Gasteiger partial charge in [0, 0.05) is 19.0 Å². The molecule has 0 aliphatic carbocycles. The summed E-state index contributed by atoms with van der Waals surface area (Å²) in [4.78, 5) is 59.5. The number of hydrogen-bond donors (Lipinski definition) is 3. The Labute approximate surface area is 304 Å². The van der Waals surface area contributed by atoms with Crippen LogP contribution in [0.3, 0.4) is 0 Å². The second-order valence-electron chi connectivity index (χ2n) is 15.1. The summed E-state index contributed by atoms with van der Waals surface area (Å²) in [7, 11) is 1.30. The van der Waals surface area contributed by atoms with Gasteiger partial charge in [0.05, 0.1) is 41.3 Å². The molecule has 11 nitrogen and oxygen atoms in total. The first kappa shape index (κ1) is 35.2. The number of benzene rings is 3. The number of carbonyl (C=O) groups excluding carboxylic acids is 3. The fourth-order valence-corrected chi connectivity index (χ4v) is 7.64. The van der Waals surface area contributed by atoms with Gasteiger partial charge in [0.1, 0.15) is 17.7 Å². The van der Waals surface area contributed by atoms with E-state index in [0.717, 1.165) is 88.2 Å². The molecule has 0 unspecified atom stereocenters. The summed E-state index contributed by atoms with van der Waals surface area (Å²) in [6.45, 7) is 11.4. The van der Waals surface area contributed by atoms with Crippen molar-refractivity contribution in [3.63, 3.8) is 0 Å². The molecule has 0 saturated carbocycles. The van der Waals surface area contributed by atoms with Crippen LogP contribution in [0.4, 0.5) is 4.79 Å². The first-order chi connectivity index (χ1) is 25.0. The third-order valence-electron chi connectivity index (χ3n) is 11.0. The molecule has 0 bridgehead atoms. The zero-order chi connectivity index (χ0) is 36.7. The van der Waals surface area contributed by atoms with Crippen LogP contribution in [-0.4, -0.2) is 73.9 Å². The second kappa shape index (κ2) is 14.4. The summed E-state index contributed by atoms with van der Waals surface area (Å²) >= 11 is 0. The van der Waals surface area contributed by atoms with Crippen LogP contribution >= 0.6 is 0 Å². The number of aromatic amines is 2. The summed E-state index contributed by atoms with van der Waals surface area (Å²) in [6, 6.07) is 20.1. The number of nitrogens with zero attached hydrogens (tertiary/aromatic N) is 4. The molecule has 2 saturated heterocycles. The lowest BCUT2D eigenvalue weighted by Gasteiger charge is -2.29. The Morgan fingerprint density at radius 3 is 1.60 bits per heavy atom. The fourth-order valence-electron chi connectivity index (χ4n) is 7.64. The maximum absolute atomic E-state index is 13.6. The Morgan fingerprint density at radius 1 is 0.692 bits per heavy atom. The van der Waals surface area contributed by atoms with Gasteiger partial charge >= 0.3 is 6.09 Å². The monoisotopic (exact) mass is 703 g/mol. The molecule has 2 aromatic heterocycles. The van der Waals surface area contributed by atoms with Crippen molar-refractivity contribution in [2.45, 2.75) is 78.4 Å². The molecule has 0 radical (unpaired) electrons. The zero-order valence-corrected chi connectivity index (χ0v) is 30.9. The van der Waals surface area contributed by atoms with Crippen LogP contribution in [-0.2, 0) is 14.3 Å². The van der Waals surface area contributed by atoms with Gasteiger partial charge in [-0.05, 0) is 84.0 Å². The molecule has 3 amide bonds. The number of likely N-dealkylation sites (tertiary alicyclic amines) is 2. The van der Waals surface area contributed by atoms with Gasteiger partial charge < -0.3 is 29.8 Å². The molecule has 2 fully saturated rings. The number of fused-ring (bicyclic) bond motifs is 2. The van der Waals surface area contributed by atoms with E-state index >= 15 is 0 Å². The molecule has 2 aliphatic rings. The van der Waals surface area contributed by atoms with E-state index in [1.807, 2.05) is 36.6 Å². The molecule has 52 heavy (non-hydrogen) atoms. The summed E-state index contributed by atoms with van der Waals surface area (Å²) in [5, 5.41) is 2.71. The van der Waals surface area contributed by atoms with Gasteiger partial charge in [0.25, 0.3) is 0 Å². The van der Waals surface area contributed by atoms with Crippen molar-refractivity contribution in [2.24, 2.45) is 17.8 Å². The van der Waals surface area contributed by atoms with Gasteiger partial charge in [-0.15, -0.1) is 0 Å². The standard InChI is InChI=1S/C41H49N7O4/c1-23(2)25(5)39(49)47-19-7-9-34(47)37-42-30-17-15-28(21-32(30)44-37)26-11-13-27(14-12-26)29-16-18-31-33(22-29)45-38(43-31)35-10-8-20-48(35)40(50)36(24(3)4)46-41(51)52-6/h11-18,21-25,34-36H,7-10,19-20H2,1-6H3,(H,42,44)(H,43,45)(H,46,51)/t25-,34-,35-,36-/m0/s1. The third kappa shape index (κ3) is 6.76. The first-order valence-corrected chi connectivity index (χ1v) is 18.6. The first-order valence-electron chi connectivity index (χ1n) is 18.6. The molecular weight excluding hydrogens is 654 g/mol. The summed E-state index contributed by atoms with van der Waals surface area (Å²) < 4.78 is 4.77. The fraction of sp³-hybridized carbons (Fsp3) is 0.439. The van der Waals surface area contributed by atoms with Crippen LogP contribution in [0, 0.1) is 17.8 Å². The normalized spacial score (nSPS) is 18.8. The molecule has 3 N–H and O–H groups in total. The molecule has 4 atom stereocenters. The summed E-state index contributed by atoms with van der Waals surface area (Å²) in [5.74, 6) is 1.90. The highest BCUT2D eigenvalue weighted by Gasteiger charge is 2.38. The minimum atomic E-state index is -0.677. The van der Waals surface area contributed by atoms with Crippen molar-refractivity contribution < 1.29 is 19.1 Å². The van der Waals surface area contributed by atoms with Crippen LogP contribution in [0.2, 0.25) is 0 Å². The number of aromatic nitrogens is 4. The molecule has 11 heteroatoms. The quantitative estimate of drug-likeness (QED) is 0.144. The molecule has 2 aliphatic heterocycles. The number of hydrogen-bond acceptors (Lipinski definition) is 6. The number of imidazole rings is 2. The summed E-state index contributed by atoms with van der Waals surface area (Å²) in [5.41, 5.74) is 7.91. The van der Waals surface area contributed by atoms with Gasteiger partial charge in [-0.2, -0.15) is 0 Å². The van der Waals surface area contributed by atoms with Crippen LogP contribution in [0.5, 0.6) is 0 Å². The molecule has 0 spiro atoms. The molecular formula is C41H49N7O4. The van der Waals surface area contributed by atoms with E-state index in [2.05, 4.69) is 83.7 Å². The average Bonchev–Trinajstić information content (AvgIpc) is 3.97. The number of nitrogens with one attached hydrogen (secondary N) is 3. The van der Waals surface area contributed by atoms with Crippen LogP contribution < -0.4 is 5.32 Å². The zero-order valence-electron chi connectivity index (χ0n) is 30.9. The second-order valence-corrected chi connectivity index (χ2v) is 15.1. The van der Waals surface area contributed by atoms with E-state index in [1.54, 1.807) is 0 Å². The van der Waals surface area contributed by atoms with Gasteiger partial charge in [0.15, 0.2) is 0 Å². The Kier molecular flexibility index (Phi) is 9.78. The van der Waals surface area contributed by atoms with E-state index in [-0.39, 0.29) is 35.7 Å². The van der Waals surface area contributed by atoms with E-state index in [4.69, 9.17) is 14.7 Å². The topological polar surface area (TPSA) is 136 Å². The number of H-pyrrole nitrogens is 2. The van der Waals surface area contributed by atoms with Crippen LogP contribution in [0.25, 0.3) is 44.3 Å². The van der Waals surface area contributed by atoms with E-state index < -0.39 is 12.1 Å². The smallest absolute Gasteiger partial charge is 0.407 e. The predicted octanol–water partition coefficient (Wildman–Crippen LogP) is 7.77. The van der Waals surface area contributed by atoms with Gasteiger partial charge in [0.2, 0.25) is 11.8 Å². The third-order valence-corrected chi connectivity index (χ3v) is 11.0.